The Morgan fingerprint density at radius 3 is 2.40 bits per heavy atom. The number of carbonyl (C=O) groups excluding carboxylic acids is 1. The number of nitrogens with zero attached hydrogens (tertiary/aromatic N) is 1. The van der Waals surface area contributed by atoms with E-state index in [1.807, 2.05) is 0 Å². The Kier molecular flexibility index (Phi) is 3.25. The maximum Gasteiger partial charge on any atom is 0.414 e. The van der Waals surface area contributed by atoms with Crippen molar-refractivity contribution in [2.45, 2.75) is 0 Å². The minimum absolute atomic E-state index is 0.263. The maximum atomic E-state index is 10.7. The Bertz CT molecular complexity index is 161. The molecule has 0 radical (unpaired) electrons. The Morgan fingerprint density at radius 1 is 1.60 bits per heavy atom. The Hall–Kier alpha value is -1.25. The van der Waals surface area contributed by atoms with Gasteiger partial charge in [-0.2, -0.15) is 0 Å². The third-order valence-electron chi connectivity index (χ3n) is 0.811. The topological polar surface area (TPSA) is 29.5 Å². The third kappa shape index (κ3) is 2.91. The highest BCUT2D eigenvalue weighted by atomic mass is 16.6. The van der Waals surface area contributed by atoms with Crippen molar-refractivity contribution < 1.29 is 9.53 Å². The number of carbonyl (C=O) groups is 1. The molecule has 0 saturated carbocycles. The van der Waals surface area contributed by atoms with Crippen molar-refractivity contribution in [3.63, 3.8) is 0 Å². The fraction of sp³-hybridized carbons (Fsp3) is 0.286. The van der Waals surface area contributed by atoms with Gasteiger partial charge in [-0.15, -0.1) is 0 Å². The maximum absolute atomic E-state index is 10.7. The lowest BCUT2D eigenvalue weighted by Crippen LogP contribution is -2.21. The van der Waals surface area contributed by atoms with Gasteiger partial charge in [0.2, 0.25) is 0 Å². The first kappa shape index (κ1) is 8.75. The molecule has 56 valence electrons. The van der Waals surface area contributed by atoms with Crippen LogP contribution in [0.4, 0.5) is 4.79 Å². The lowest BCUT2D eigenvalue weighted by atomic mass is 10.5. The van der Waals surface area contributed by atoms with E-state index in [1.54, 1.807) is 14.1 Å². The van der Waals surface area contributed by atoms with Gasteiger partial charge in [0.1, 0.15) is 5.76 Å². The molecule has 0 aromatic rings. The van der Waals surface area contributed by atoms with Gasteiger partial charge < -0.3 is 9.64 Å². The minimum Gasteiger partial charge on any atom is -0.411 e. The molecule has 0 unspecified atom stereocenters. The number of hydrogen-bond donors (Lipinski definition) is 0. The summed E-state index contributed by atoms with van der Waals surface area (Å²) < 4.78 is 4.64. The van der Waals surface area contributed by atoms with E-state index in [0.29, 0.717) is 0 Å². The molecule has 0 aliphatic carbocycles. The van der Waals surface area contributed by atoms with Crippen molar-refractivity contribution in [3.8, 4) is 0 Å². The summed E-state index contributed by atoms with van der Waals surface area (Å²) in [5, 5.41) is 0. The highest BCUT2D eigenvalue weighted by Gasteiger charge is 2.03. The van der Waals surface area contributed by atoms with Gasteiger partial charge in [-0.05, 0) is 6.08 Å². The zero-order chi connectivity index (χ0) is 8.15. The van der Waals surface area contributed by atoms with E-state index in [0.717, 1.165) is 0 Å². The molecule has 0 heterocycles. The lowest BCUT2D eigenvalue weighted by Gasteiger charge is -2.09. The molecule has 0 aliphatic rings. The van der Waals surface area contributed by atoms with Crippen LogP contribution in [-0.4, -0.2) is 25.1 Å². The van der Waals surface area contributed by atoms with Crippen molar-refractivity contribution in [1.29, 1.82) is 0 Å². The minimum atomic E-state index is -0.440. The molecular weight excluding hydrogens is 130 g/mol. The van der Waals surface area contributed by atoms with Crippen LogP contribution in [0, 0.1) is 0 Å². The summed E-state index contributed by atoms with van der Waals surface area (Å²) in [5.41, 5.74) is 0. The van der Waals surface area contributed by atoms with Crippen LogP contribution in [0.1, 0.15) is 0 Å². The molecule has 0 fully saturated rings. The van der Waals surface area contributed by atoms with Gasteiger partial charge in [0.05, 0.1) is 0 Å². The molecule has 3 heteroatoms. The van der Waals surface area contributed by atoms with Gasteiger partial charge in [0.15, 0.2) is 0 Å². The van der Waals surface area contributed by atoms with E-state index >= 15 is 0 Å². The SMILES string of the molecule is C=CC(=C)OC(=O)N(C)C. The van der Waals surface area contributed by atoms with Gasteiger partial charge in [-0.1, -0.05) is 13.2 Å². The van der Waals surface area contributed by atoms with E-state index in [-0.39, 0.29) is 5.76 Å². The predicted octanol–water partition coefficient (Wildman–Crippen LogP) is 1.38. The normalized spacial score (nSPS) is 8.20. The predicted molar refractivity (Wildman–Crippen MR) is 39.5 cm³/mol. The molecule has 0 saturated heterocycles. The van der Waals surface area contributed by atoms with Crippen molar-refractivity contribution in [1.82, 2.24) is 4.90 Å². The first-order valence-corrected chi connectivity index (χ1v) is 2.78. The Morgan fingerprint density at radius 2 is 2.10 bits per heavy atom. The average Bonchev–Trinajstić information content (AvgIpc) is 1.87. The molecule has 0 aliphatic heterocycles. The summed E-state index contributed by atoms with van der Waals surface area (Å²) in [6.07, 6.45) is 0.936. The first-order chi connectivity index (χ1) is 4.57. The third-order valence-corrected chi connectivity index (χ3v) is 0.811. The van der Waals surface area contributed by atoms with E-state index in [4.69, 9.17) is 0 Å². The summed E-state index contributed by atoms with van der Waals surface area (Å²) in [4.78, 5) is 12.0. The second-order valence-corrected chi connectivity index (χ2v) is 1.93. The van der Waals surface area contributed by atoms with E-state index in [1.165, 1.54) is 11.0 Å². The van der Waals surface area contributed by atoms with Crippen LogP contribution in [-0.2, 0) is 4.74 Å². The summed E-state index contributed by atoms with van der Waals surface area (Å²) in [6.45, 7) is 6.79. The molecule has 0 bridgehead atoms. The molecule has 0 spiro atoms. The first-order valence-electron chi connectivity index (χ1n) is 2.78. The number of ether oxygens (including phenoxy) is 1. The zero-order valence-corrected chi connectivity index (χ0v) is 6.26. The smallest absolute Gasteiger partial charge is 0.411 e. The van der Waals surface area contributed by atoms with Gasteiger partial charge in [-0.25, -0.2) is 4.79 Å². The number of amides is 1. The fourth-order valence-electron chi connectivity index (χ4n) is 0.245. The van der Waals surface area contributed by atoms with Crippen LogP contribution >= 0.6 is 0 Å². The summed E-state index contributed by atoms with van der Waals surface area (Å²) in [6, 6.07) is 0. The molecule has 0 aromatic carbocycles. The fourth-order valence-corrected chi connectivity index (χ4v) is 0.245. The lowest BCUT2D eigenvalue weighted by molar-refractivity contribution is 0.150. The van der Waals surface area contributed by atoms with E-state index in [2.05, 4.69) is 17.9 Å². The summed E-state index contributed by atoms with van der Waals surface area (Å²) in [7, 11) is 3.19. The van der Waals surface area contributed by atoms with Crippen LogP contribution in [0.2, 0.25) is 0 Å². The highest BCUT2D eigenvalue weighted by molar-refractivity contribution is 5.68. The largest absolute Gasteiger partial charge is 0.414 e. The van der Waals surface area contributed by atoms with Crippen molar-refractivity contribution in [2.75, 3.05) is 14.1 Å². The molecular formula is C7H11NO2. The number of hydrogen-bond acceptors (Lipinski definition) is 2. The van der Waals surface area contributed by atoms with Crippen LogP contribution in [0.5, 0.6) is 0 Å². The highest BCUT2D eigenvalue weighted by Crippen LogP contribution is 1.96. The standard InChI is InChI=1S/C7H11NO2/c1-5-6(2)10-7(9)8(3)4/h5H,1-2H2,3-4H3. The molecule has 0 aromatic heterocycles. The quantitative estimate of drug-likeness (QED) is 0.429. The zero-order valence-electron chi connectivity index (χ0n) is 6.26. The van der Waals surface area contributed by atoms with Crippen LogP contribution in [0.25, 0.3) is 0 Å². The molecule has 0 N–H and O–H groups in total. The van der Waals surface area contributed by atoms with Gasteiger partial charge in [-0.3, -0.25) is 0 Å². The van der Waals surface area contributed by atoms with Crippen molar-refractivity contribution in [3.05, 3.63) is 25.0 Å². The summed E-state index contributed by atoms with van der Waals surface area (Å²) >= 11 is 0. The van der Waals surface area contributed by atoms with Gasteiger partial charge in [0.25, 0.3) is 0 Å². The average molecular weight is 141 g/mol. The van der Waals surface area contributed by atoms with Gasteiger partial charge >= 0.3 is 6.09 Å². The second-order valence-electron chi connectivity index (χ2n) is 1.93. The van der Waals surface area contributed by atoms with Crippen molar-refractivity contribution in [2.24, 2.45) is 0 Å². The number of rotatable bonds is 2. The molecule has 0 atom stereocenters. The molecule has 0 rings (SSSR count). The molecule has 1 amide bonds. The van der Waals surface area contributed by atoms with Crippen LogP contribution in [0.15, 0.2) is 25.0 Å². The second kappa shape index (κ2) is 3.71. The number of allylic oxidation sites excluding steroid dienone is 1. The van der Waals surface area contributed by atoms with E-state index in [9.17, 15) is 4.79 Å². The van der Waals surface area contributed by atoms with Crippen molar-refractivity contribution >= 4 is 6.09 Å². The summed E-state index contributed by atoms with van der Waals surface area (Å²) in [5.74, 6) is 0.263. The Labute approximate surface area is 60.6 Å². The van der Waals surface area contributed by atoms with Crippen LogP contribution < -0.4 is 0 Å². The molecule has 3 nitrogen and oxygen atoms in total. The van der Waals surface area contributed by atoms with E-state index < -0.39 is 6.09 Å². The molecule has 10 heavy (non-hydrogen) atoms. The monoisotopic (exact) mass is 141 g/mol. The van der Waals surface area contributed by atoms with Crippen LogP contribution in [0.3, 0.4) is 0 Å². The Balaban J connectivity index is 3.80. The van der Waals surface area contributed by atoms with Gasteiger partial charge in [0, 0.05) is 14.1 Å².